The number of fused-ring (bicyclic) bond motifs is 1. The van der Waals surface area contributed by atoms with Crippen LogP contribution >= 0.6 is 0 Å². The number of aromatic carboxylic acids is 1. The van der Waals surface area contributed by atoms with E-state index in [1.54, 1.807) is 36.4 Å². The van der Waals surface area contributed by atoms with Crippen molar-refractivity contribution in [1.29, 1.82) is 0 Å². The summed E-state index contributed by atoms with van der Waals surface area (Å²) in [5.74, 6) is -1.37. The van der Waals surface area contributed by atoms with Crippen molar-refractivity contribution in [2.24, 2.45) is 0 Å². The van der Waals surface area contributed by atoms with Crippen LogP contribution in [-0.2, 0) is 11.3 Å². The van der Waals surface area contributed by atoms with Crippen LogP contribution in [0.1, 0.15) is 17.4 Å². The summed E-state index contributed by atoms with van der Waals surface area (Å²) < 4.78 is 6.14. The summed E-state index contributed by atoms with van der Waals surface area (Å²) in [5.41, 5.74) is -0.436. The molecule has 0 unspecified atom stereocenters. The summed E-state index contributed by atoms with van der Waals surface area (Å²) in [6.45, 7) is 1.96. The van der Waals surface area contributed by atoms with Crippen LogP contribution in [0.2, 0.25) is 0 Å². The van der Waals surface area contributed by atoms with Gasteiger partial charge in [-0.3, -0.25) is 9.59 Å². The highest BCUT2D eigenvalue weighted by atomic mass is 16.5. The van der Waals surface area contributed by atoms with E-state index in [0.717, 1.165) is 4.68 Å². The van der Waals surface area contributed by atoms with E-state index in [1.165, 1.54) is 12.1 Å². The molecule has 2 aromatic carbocycles. The molecule has 1 heterocycles. The van der Waals surface area contributed by atoms with E-state index < -0.39 is 24.0 Å². The maximum atomic E-state index is 12.5. The van der Waals surface area contributed by atoms with Crippen molar-refractivity contribution in [3.63, 3.8) is 0 Å². The van der Waals surface area contributed by atoms with Crippen molar-refractivity contribution in [2.45, 2.75) is 13.5 Å². The van der Waals surface area contributed by atoms with Gasteiger partial charge in [0.2, 0.25) is 5.91 Å². The molecule has 8 heteroatoms. The maximum Gasteiger partial charge on any atom is 0.275 e. The van der Waals surface area contributed by atoms with Crippen LogP contribution in [0, 0.1) is 0 Å². The Bertz CT molecular complexity index is 1060. The Labute approximate surface area is 154 Å². The maximum absolute atomic E-state index is 12.5. The first kappa shape index (κ1) is 18.1. The normalized spacial score (nSPS) is 10.6. The number of hydrogen-bond acceptors (Lipinski definition) is 6. The van der Waals surface area contributed by atoms with Crippen LogP contribution in [0.15, 0.2) is 53.3 Å². The molecule has 0 saturated carbocycles. The van der Waals surface area contributed by atoms with Gasteiger partial charge in [-0.1, -0.05) is 18.2 Å². The van der Waals surface area contributed by atoms with Crippen LogP contribution in [0.5, 0.6) is 5.75 Å². The van der Waals surface area contributed by atoms with Crippen LogP contribution < -0.4 is 20.7 Å². The van der Waals surface area contributed by atoms with Gasteiger partial charge in [0.1, 0.15) is 18.0 Å². The van der Waals surface area contributed by atoms with Gasteiger partial charge in [-0.2, -0.15) is 5.10 Å². The number of carbonyl (C=O) groups excluding carboxylic acids is 2. The van der Waals surface area contributed by atoms with Crippen LogP contribution in [-0.4, -0.2) is 28.3 Å². The molecule has 0 aliphatic heterocycles. The quantitative estimate of drug-likeness (QED) is 0.690. The smallest absolute Gasteiger partial charge is 0.275 e. The summed E-state index contributed by atoms with van der Waals surface area (Å²) in [5, 5.41) is 18.1. The van der Waals surface area contributed by atoms with Gasteiger partial charge in [-0.15, -0.1) is 0 Å². The predicted octanol–water partition coefficient (Wildman–Crippen LogP) is 0.797. The van der Waals surface area contributed by atoms with Crippen molar-refractivity contribution in [1.82, 2.24) is 9.78 Å². The first-order valence-electron chi connectivity index (χ1n) is 8.23. The molecule has 0 saturated heterocycles. The second-order valence-electron chi connectivity index (χ2n) is 5.65. The van der Waals surface area contributed by atoms with Gasteiger partial charge >= 0.3 is 0 Å². The number of anilines is 1. The molecule has 0 aliphatic rings. The fourth-order valence-corrected chi connectivity index (χ4v) is 2.63. The third-order valence-electron chi connectivity index (χ3n) is 3.80. The average molecular weight is 366 g/mol. The van der Waals surface area contributed by atoms with Crippen molar-refractivity contribution >= 4 is 28.3 Å². The lowest BCUT2D eigenvalue weighted by molar-refractivity contribution is -0.255. The highest BCUT2D eigenvalue weighted by Gasteiger charge is 2.13. The second kappa shape index (κ2) is 7.69. The van der Waals surface area contributed by atoms with Gasteiger partial charge in [-0.25, -0.2) is 4.68 Å². The first-order valence-corrected chi connectivity index (χ1v) is 8.23. The minimum atomic E-state index is -1.52. The van der Waals surface area contributed by atoms with E-state index in [4.69, 9.17) is 4.74 Å². The monoisotopic (exact) mass is 366 g/mol. The Hall–Kier alpha value is -3.68. The number of benzene rings is 2. The zero-order chi connectivity index (χ0) is 19.4. The molecule has 0 atom stereocenters. The fraction of sp³-hybridized carbons (Fsp3) is 0.158. The van der Waals surface area contributed by atoms with Gasteiger partial charge in [0.15, 0.2) is 0 Å². The molecule has 1 amide bonds. The zero-order valence-electron chi connectivity index (χ0n) is 14.5. The Morgan fingerprint density at radius 2 is 1.78 bits per heavy atom. The summed E-state index contributed by atoms with van der Waals surface area (Å²) in [7, 11) is 0. The van der Waals surface area contributed by atoms with Crippen LogP contribution in [0.3, 0.4) is 0 Å². The number of nitrogens with one attached hydrogen (secondary N) is 1. The first-order chi connectivity index (χ1) is 13.0. The molecule has 1 N–H and O–H groups in total. The van der Waals surface area contributed by atoms with E-state index >= 15 is 0 Å². The van der Waals surface area contributed by atoms with Crippen LogP contribution in [0.25, 0.3) is 10.8 Å². The largest absolute Gasteiger partial charge is 0.543 e. The molecular formula is C19H16N3O5-. The highest BCUT2D eigenvalue weighted by molar-refractivity contribution is 6.00. The lowest BCUT2D eigenvalue weighted by Gasteiger charge is -2.12. The Morgan fingerprint density at radius 3 is 2.41 bits per heavy atom. The van der Waals surface area contributed by atoms with E-state index in [0.29, 0.717) is 18.0 Å². The SMILES string of the molecule is CCOc1ccc(NC(=O)Cn2nc(C(=O)[O-])c3ccccc3c2=O)cc1. The number of nitrogens with zero attached hydrogens (tertiary/aromatic N) is 2. The fourth-order valence-electron chi connectivity index (χ4n) is 2.63. The van der Waals surface area contributed by atoms with Crippen molar-refractivity contribution in [3.05, 3.63) is 64.6 Å². The number of carboxylic acid groups (broad SMARTS) is 1. The minimum Gasteiger partial charge on any atom is -0.543 e. The summed E-state index contributed by atoms with van der Waals surface area (Å²) in [6, 6.07) is 12.9. The van der Waals surface area contributed by atoms with Gasteiger partial charge in [0.05, 0.1) is 18.0 Å². The molecular weight excluding hydrogens is 350 g/mol. The average Bonchev–Trinajstić information content (AvgIpc) is 2.65. The highest BCUT2D eigenvalue weighted by Crippen LogP contribution is 2.16. The van der Waals surface area contributed by atoms with Gasteiger partial charge in [0, 0.05) is 11.1 Å². The van der Waals surface area contributed by atoms with Gasteiger partial charge in [-0.05, 0) is 37.3 Å². The standard InChI is InChI=1S/C19H17N3O5/c1-2-27-13-9-7-12(8-10-13)20-16(23)11-22-18(24)15-6-4-3-5-14(15)17(21-22)19(25)26/h3-10H,2,11H2,1H3,(H,20,23)(H,25,26)/p-1. The second-order valence-corrected chi connectivity index (χ2v) is 5.65. The molecule has 8 nitrogen and oxygen atoms in total. The number of rotatable bonds is 6. The van der Waals surface area contributed by atoms with E-state index in [-0.39, 0.29) is 16.5 Å². The molecule has 1 aromatic heterocycles. The van der Waals surface area contributed by atoms with Crippen LogP contribution in [0.4, 0.5) is 5.69 Å². The third-order valence-corrected chi connectivity index (χ3v) is 3.80. The third kappa shape index (κ3) is 3.95. The minimum absolute atomic E-state index is 0.153. The number of carboxylic acids is 1. The van der Waals surface area contributed by atoms with E-state index in [1.807, 2.05) is 6.92 Å². The topological polar surface area (TPSA) is 113 Å². The number of ether oxygens (including phenoxy) is 1. The van der Waals surface area contributed by atoms with Crippen molar-refractivity contribution in [2.75, 3.05) is 11.9 Å². The molecule has 0 fully saturated rings. The Morgan fingerprint density at radius 1 is 1.11 bits per heavy atom. The molecule has 0 radical (unpaired) electrons. The molecule has 27 heavy (non-hydrogen) atoms. The Balaban J connectivity index is 1.85. The molecule has 0 aliphatic carbocycles. The molecule has 0 spiro atoms. The molecule has 138 valence electrons. The lowest BCUT2D eigenvalue weighted by atomic mass is 10.1. The zero-order valence-corrected chi connectivity index (χ0v) is 14.5. The lowest BCUT2D eigenvalue weighted by Crippen LogP contribution is -2.34. The number of amides is 1. The Kier molecular flexibility index (Phi) is 5.16. The van der Waals surface area contributed by atoms with Gasteiger partial charge < -0.3 is 20.0 Å². The molecule has 3 rings (SSSR count). The number of hydrogen-bond donors (Lipinski definition) is 1. The summed E-state index contributed by atoms with van der Waals surface area (Å²) in [4.78, 5) is 36.1. The van der Waals surface area contributed by atoms with Crippen molar-refractivity contribution < 1.29 is 19.4 Å². The predicted molar refractivity (Wildman–Crippen MR) is 96.6 cm³/mol. The molecule has 3 aromatic rings. The molecule has 0 bridgehead atoms. The van der Waals surface area contributed by atoms with Crippen molar-refractivity contribution in [3.8, 4) is 5.75 Å². The van der Waals surface area contributed by atoms with E-state index in [9.17, 15) is 19.5 Å². The van der Waals surface area contributed by atoms with Gasteiger partial charge in [0.25, 0.3) is 5.56 Å². The summed E-state index contributed by atoms with van der Waals surface area (Å²) in [6.07, 6.45) is 0. The number of carbonyl (C=O) groups is 2. The number of aromatic nitrogens is 2. The van der Waals surface area contributed by atoms with E-state index in [2.05, 4.69) is 10.4 Å². The summed E-state index contributed by atoms with van der Waals surface area (Å²) >= 11 is 0.